The van der Waals surface area contributed by atoms with Gasteiger partial charge in [0.1, 0.15) is 11.6 Å². The average Bonchev–Trinajstić information content (AvgIpc) is 3.12. The van der Waals surface area contributed by atoms with Crippen molar-refractivity contribution < 1.29 is 24.3 Å². The summed E-state index contributed by atoms with van der Waals surface area (Å²) in [5.74, 6) is -1.90. The van der Waals surface area contributed by atoms with Crippen LogP contribution in [0.15, 0.2) is 0 Å². The Hall–Kier alpha value is -2.32. The molecule has 0 aromatic rings. The third-order valence-corrected chi connectivity index (χ3v) is 5.78. The Bertz CT molecular complexity index is 611. The van der Waals surface area contributed by atoms with E-state index in [2.05, 4.69) is 17.6 Å². The number of carboxylic acids is 1. The van der Waals surface area contributed by atoms with Gasteiger partial charge in [0.05, 0.1) is 6.54 Å². The summed E-state index contributed by atoms with van der Waals surface area (Å²) in [6.07, 6.45) is 7.87. The number of carbonyl (C=O) groups excluding carboxylic acids is 3. The number of primary amides is 1. The minimum atomic E-state index is -1.20. The predicted molar refractivity (Wildman–Crippen MR) is 102 cm³/mol. The van der Waals surface area contributed by atoms with Crippen molar-refractivity contribution in [2.24, 2.45) is 11.7 Å². The molecular weight excluding hydrogens is 364 g/mol. The smallest absolute Gasteiger partial charge is 0.329 e. The molecule has 0 spiro atoms. The molecule has 1 aliphatic heterocycles. The van der Waals surface area contributed by atoms with Crippen molar-refractivity contribution in [2.75, 3.05) is 13.1 Å². The summed E-state index contributed by atoms with van der Waals surface area (Å²) in [5.41, 5.74) is 3.77. The highest BCUT2D eigenvalue weighted by molar-refractivity contribution is 5.95. The molecule has 9 nitrogen and oxygen atoms in total. The Morgan fingerprint density at radius 2 is 1.89 bits per heavy atom. The van der Waals surface area contributed by atoms with E-state index in [-0.39, 0.29) is 12.5 Å². The van der Waals surface area contributed by atoms with Crippen molar-refractivity contribution in [2.45, 2.75) is 76.3 Å². The molecule has 28 heavy (non-hydrogen) atoms. The second kappa shape index (κ2) is 9.75. The fraction of sp³-hybridized carbons (Fsp3) is 0.789. The van der Waals surface area contributed by atoms with Crippen LogP contribution in [0, 0.1) is 5.92 Å². The number of hydrogen-bond donors (Lipinski definition) is 4. The third-order valence-electron chi connectivity index (χ3n) is 5.78. The number of unbranched alkanes of at least 4 members (excludes halogenated alkanes) is 4. The molecule has 1 unspecified atom stereocenters. The van der Waals surface area contributed by atoms with Crippen molar-refractivity contribution in [1.29, 1.82) is 0 Å². The van der Waals surface area contributed by atoms with Crippen molar-refractivity contribution in [3.8, 4) is 0 Å². The van der Waals surface area contributed by atoms with Crippen LogP contribution in [0.2, 0.25) is 0 Å². The number of likely N-dealkylation sites (tertiary alicyclic amines) is 1. The Balaban J connectivity index is 1.89. The fourth-order valence-corrected chi connectivity index (χ4v) is 4.05. The molecule has 0 radical (unpaired) electrons. The highest BCUT2D eigenvalue weighted by Gasteiger charge is 2.61. The Morgan fingerprint density at radius 1 is 1.18 bits per heavy atom. The molecule has 9 heteroatoms. The average molecular weight is 396 g/mol. The number of carboxylic acid groups (broad SMARTS) is 1. The van der Waals surface area contributed by atoms with Gasteiger partial charge in [0.2, 0.25) is 11.8 Å². The molecular formula is C19H32N4O5. The molecule has 158 valence electrons. The quantitative estimate of drug-likeness (QED) is 0.385. The van der Waals surface area contributed by atoms with Crippen LogP contribution in [0.5, 0.6) is 0 Å². The molecule has 4 amide bonds. The topological polar surface area (TPSA) is 142 Å². The van der Waals surface area contributed by atoms with E-state index in [1.807, 2.05) is 0 Å². The molecule has 5 N–H and O–H groups in total. The van der Waals surface area contributed by atoms with Gasteiger partial charge >= 0.3 is 12.0 Å². The van der Waals surface area contributed by atoms with Crippen LogP contribution < -0.4 is 16.4 Å². The van der Waals surface area contributed by atoms with E-state index >= 15 is 0 Å². The van der Waals surface area contributed by atoms with Gasteiger partial charge in [0.15, 0.2) is 0 Å². The van der Waals surface area contributed by atoms with Crippen LogP contribution in [0.4, 0.5) is 4.79 Å². The van der Waals surface area contributed by atoms with Crippen molar-refractivity contribution >= 4 is 23.8 Å². The first-order valence-corrected chi connectivity index (χ1v) is 10.2. The maximum absolute atomic E-state index is 12.7. The largest absolute Gasteiger partial charge is 0.479 e. The molecule has 2 fully saturated rings. The van der Waals surface area contributed by atoms with Crippen LogP contribution in [0.1, 0.15) is 64.7 Å². The number of rotatable bonds is 11. The summed E-state index contributed by atoms with van der Waals surface area (Å²) < 4.78 is 0. The predicted octanol–water partition coefficient (Wildman–Crippen LogP) is 0.966. The number of nitrogens with one attached hydrogen (secondary N) is 2. The first-order chi connectivity index (χ1) is 13.3. The van der Waals surface area contributed by atoms with Crippen molar-refractivity contribution in [3.63, 3.8) is 0 Å². The minimum Gasteiger partial charge on any atom is -0.479 e. The molecule has 0 bridgehead atoms. The summed E-state index contributed by atoms with van der Waals surface area (Å²) in [7, 11) is 0. The van der Waals surface area contributed by atoms with Gasteiger partial charge in [-0.2, -0.15) is 0 Å². The normalized spacial score (nSPS) is 26.0. The summed E-state index contributed by atoms with van der Waals surface area (Å²) in [5, 5.41) is 14.6. The zero-order valence-corrected chi connectivity index (χ0v) is 16.5. The zero-order valence-electron chi connectivity index (χ0n) is 16.5. The lowest BCUT2D eigenvalue weighted by molar-refractivity contribution is -0.145. The van der Waals surface area contributed by atoms with Crippen LogP contribution >= 0.6 is 0 Å². The third kappa shape index (κ3) is 5.36. The number of aliphatic carboxylic acids is 1. The molecule has 1 heterocycles. The maximum Gasteiger partial charge on any atom is 0.329 e. The first kappa shape index (κ1) is 22.0. The second-order valence-corrected chi connectivity index (χ2v) is 7.83. The molecule has 3 atom stereocenters. The lowest BCUT2D eigenvalue weighted by atomic mass is 10.0. The molecule has 0 aromatic heterocycles. The van der Waals surface area contributed by atoms with Crippen molar-refractivity contribution in [3.05, 3.63) is 0 Å². The first-order valence-electron chi connectivity index (χ1n) is 10.2. The fourth-order valence-electron chi connectivity index (χ4n) is 4.05. The van der Waals surface area contributed by atoms with Crippen LogP contribution in [-0.4, -0.2) is 58.5 Å². The number of urea groups is 1. The lowest BCUT2D eigenvalue weighted by Gasteiger charge is -2.26. The van der Waals surface area contributed by atoms with E-state index in [1.165, 1.54) is 11.3 Å². The number of nitrogens with two attached hydrogens (primary N) is 1. The maximum atomic E-state index is 12.7. The van der Waals surface area contributed by atoms with Gasteiger partial charge in [0.25, 0.3) is 0 Å². The highest BCUT2D eigenvalue weighted by Crippen LogP contribution is 2.47. The van der Waals surface area contributed by atoms with Crippen molar-refractivity contribution in [1.82, 2.24) is 15.5 Å². The minimum absolute atomic E-state index is 0.0577. The van der Waals surface area contributed by atoms with Crippen LogP contribution in [0.3, 0.4) is 0 Å². The second-order valence-electron chi connectivity index (χ2n) is 7.83. The van der Waals surface area contributed by atoms with E-state index in [9.17, 15) is 24.3 Å². The molecule has 1 saturated heterocycles. The van der Waals surface area contributed by atoms with Gasteiger partial charge in [-0.15, -0.1) is 0 Å². The number of hydrogen-bond acceptors (Lipinski definition) is 4. The SMILES string of the molecule is CCCCCCCC1C[C@]1(NC(=O)[C@@H]1CCCN1C(=O)CNC(N)=O)C(=O)O. The van der Waals surface area contributed by atoms with Gasteiger partial charge in [0, 0.05) is 6.54 Å². The van der Waals surface area contributed by atoms with Gasteiger partial charge in [-0.3, -0.25) is 9.59 Å². The van der Waals surface area contributed by atoms with Gasteiger partial charge in [-0.05, 0) is 31.6 Å². The number of carbonyl (C=O) groups is 4. The summed E-state index contributed by atoms with van der Waals surface area (Å²) >= 11 is 0. The van der Waals surface area contributed by atoms with E-state index in [0.717, 1.165) is 32.1 Å². The van der Waals surface area contributed by atoms with Crippen LogP contribution in [0.25, 0.3) is 0 Å². The van der Waals surface area contributed by atoms with E-state index in [0.29, 0.717) is 25.8 Å². The van der Waals surface area contributed by atoms with Gasteiger partial charge in [-0.25, -0.2) is 9.59 Å². The Labute approximate surface area is 165 Å². The molecule has 1 aliphatic carbocycles. The zero-order chi connectivity index (χ0) is 20.7. The van der Waals surface area contributed by atoms with E-state index < -0.39 is 35.4 Å². The monoisotopic (exact) mass is 396 g/mol. The highest BCUT2D eigenvalue weighted by atomic mass is 16.4. The van der Waals surface area contributed by atoms with E-state index in [4.69, 9.17) is 5.73 Å². The summed E-state index contributed by atoms with van der Waals surface area (Å²) in [6.45, 7) is 2.27. The molecule has 2 aliphatic rings. The molecule has 1 saturated carbocycles. The summed E-state index contributed by atoms with van der Waals surface area (Å²) in [4.78, 5) is 49.0. The van der Waals surface area contributed by atoms with Gasteiger partial charge < -0.3 is 26.4 Å². The van der Waals surface area contributed by atoms with E-state index in [1.54, 1.807) is 0 Å². The Morgan fingerprint density at radius 3 is 2.54 bits per heavy atom. The van der Waals surface area contributed by atoms with Crippen LogP contribution in [-0.2, 0) is 14.4 Å². The van der Waals surface area contributed by atoms with Gasteiger partial charge in [-0.1, -0.05) is 39.0 Å². The lowest BCUT2D eigenvalue weighted by Crippen LogP contribution is -2.54. The standard InChI is InChI=1S/C19H32N4O5/c1-2-3-4-5-6-8-13-11-19(13,17(26)27)22-16(25)14-9-7-10-23(14)15(24)12-21-18(20)28/h13-14H,2-12H2,1H3,(H,22,25)(H,26,27)(H3,20,21,28)/t13?,14-,19+/m0/s1. The number of nitrogens with zero attached hydrogens (tertiary/aromatic N) is 1. The number of amides is 4. The molecule has 0 aromatic carbocycles. The Kier molecular flexibility index (Phi) is 7.65. The molecule has 2 rings (SSSR count). The summed E-state index contributed by atoms with van der Waals surface area (Å²) in [6, 6.07) is -1.51.